The van der Waals surface area contributed by atoms with Gasteiger partial charge in [0.2, 0.25) is 5.82 Å². The second-order valence-electron chi connectivity index (χ2n) is 6.12. The number of benzene rings is 1. The Morgan fingerprint density at radius 3 is 2.77 bits per heavy atom. The van der Waals surface area contributed by atoms with E-state index in [2.05, 4.69) is 17.1 Å². The molecule has 2 aliphatic rings. The van der Waals surface area contributed by atoms with Gasteiger partial charge in [0.25, 0.3) is 0 Å². The molecule has 1 saturated carbocycles. The summed E-state index contributed by atoms with van der Waals surface area (Å²) in [6, 6.07) is 3.71. The van der Waals surface area contributed by atoms with Crippen molar-refractivity contribution in [2.45, 2.75) is 44.3 Å². The Morgan fingerprint density at radius 2 is 2.18 bits per heavy atom. The van der Waals surface area contributed by atoms with Gasteiger partial charge in [-0.3, -0.25) is 15.0 Å². The van der Waals surface area contributed by atoms with E-state index in [1.54, 1.807) is 0 Å². The van der Waals surface area contributed by atoms with E-state index in [4.69, 9.17) is 4.74 Å². The molecule has 0 amide bonds. The number of ether oxygens (including phenoxy) is 1. The van der Waals surface area contributed by atoms with Gasteiger partial charge in [0.15, 0.2) is 0 Å². The first kappa shape index (κ1) is 15.0. The molecule has 3 rings (SSSR count). The third-order valence-corrected chi connectivity index (χ3v) is 4.45. The standard InChI is InChI=1S/C15H20FN3O3/c1-9-5-10(8-18(9)11-3-4-11)17-14-7-12(22-2)6-13(16)15(14)19(20)21/h6-7,9-11,17H,3-5,8H2,1-2H3. The lowest BCUT2D eigenvalue weighted by Gasteiger charge is -2.20. The van der Waals surface area contributed by atoms with E-state index < -0.39 is 16.4 Å². The predicted octanol–water partition coefficient (Wildman–Crippen LogP) is 2.78. The number of rotatable bonds is 5. The van der Waals surface area contributed by atoms with E-state index in [0.29, 0.717) is 12.1 Å². The SMILES string of the molecule is COc1cc(F)c([N+](=O)[O-])c(NC2CC(C)N(C3CC3)C2)c1. The zero-order valence-electron chi connectivity index (χ0n) is 12.7. The molecule has 1 aromatic rings. The number of hydrogen-bond donors (Lipinski definition) is 1. The molecule has 0 spiro atoms. The first-order valence-electron chi connectivity index (χ1n) is 7.53. The molecule has 1 saturated heterocycles. The molecular formula is C15H20FN3O3. The average Bonchev–Trinajstić information content (AvgIpc) is 3.22. The Labute approximate surface area is 128 Å². The summed E-state index contributed by atoms with van der Waals surface area (Å²) in [6.45, 7) is 3.00. The summed E-state index contributed by atoms with van der Waals surface area (Å²) in [5, 5.41) is 14.3. The molecular weight excluding hydrogens is 289 g/mol. The van der Waals surface area contributed by atoms with Crippen LogP contribution in [-0.4, -0.2) is 41.6 Å². The highest BCUT2D eigenvalue weighted by atomic mass is 19.1. The third kappa shape index (κ3) is 2.85. The molecule has 1 aromatic carbocycles. The van der Waals surface area contributed by atoms with Crippen LogP contribution in [0.5, 0.6) is 5.75 Å². The van der Waals surface area contributed by atoms with Gasteiger partial charge in [0, 0.05) is 36.8 Å². The number of nitrogens with zero attached hydrogens (tertiary/aromatic N) is 2. The van der Waals surface area contributed by atoms with Gasteiger partial charge in [-0.2, -0.15) is 4.39 Å². The van der Waals surface area contributed by atoms with Crippen molar-refractivity contribution in [3.05, 3.63) is 28.1 Å². The lowest BCUT2D eigenvalue weighted by Crippen LogP contribution is -2.31. The highest BCUT2D eigenvalue weighted by Gasteiger charge is 2.39. The van der Waals surface area contributed by atoms with Gasteiger partial charge in [-0.25, -0.2) is 0 Å². The minimum atomic E-state index is -0.878. The summed E-state index contributed by atoms with van der Waals surface area (Å²) in [4.78, 5) is 12.9. The van der Waals surface area contributed by atoms with Gasteiger partial charge >= 0.3 is 5.69 Å². The van der Waals surface area contributed by atoms with Crippen LogP contribution in [0.15, 0.2) is 12.1 Å². The molecule has 0 aromatic heterocycles. The Bertz CT molecular complexity index is 592. The van der Waals surface area contributed by atoms with Crippen molar-refractivity contribution in [1.29, 1.82) is 0 Å². The van der Waals surface area contributed by atoms with E-state index >= 15 is 0 Å². The minimum Gasteiger partial charge on any atom is -0.497 e. The topological polar surface area (TPSA) is 67.6 Å². The smallest absolute Gasteiger partial charge is 0.327 e. The second kappa shape index (κ2) is 5.72. The van der Waals surface area contributed by atoms with E-state index in [0.717, 1.165) is 19.0 Å². The number of nitrogens with one attached hydrogen (secondary N) is 1. The van der Waals surface area contributed by atoms with E-state index in [9.17, 15) is 14.5 Å². The van der Waals surface area contributed by atoms with Crippen LogP contribution in [0, 0.1) is 15.9 Å². The van der Waals surface area contributed by atoms with Crippen molar-refractivity contribution in [2.24, 2.45) is 0 Å². The molecule has 0 bridgehead atoms. The Hall–Kier alpha value is -1.89. The number of methoxy groups -OCH3 is 1. The molecule has 7 heteroatoms. The van der Waals surface area contributed by atoms with Gasteiger partial charge < -0.3 is 10.1 Å². The molecule has 2 unspecified atom stereocenters. The van der Waals surface area contributed by atoms with Crippen molar-refractivity contribution in [2.75, 3.05) is 19.0 Å². The van der Waals surface area contributed by atoms with Gasteiger partial charge in [0.05, 0.1) is 12.0 Å². The summed E-state index contributed by atoms with van der Waals surface area (Å²) >= 11 is 0. The Balaban J connectivity index is 1.82. The highest BCUT2D eigenvalue weighted by Crippen LogP contribution is 2.37. The quantitative estimate of drug-likeness (QED) is 0.669. The van der Waals surface area contributed by atoms with Crippen LogP contribution >= 0.6 is 0 Å². The fourth-order valence-corrected chi connectivity index (χ4v) is 3.28. The predicted molar refractivity (Wildman–Crippen MR) is 80.8 cm³/mol. The first-order chi connectivity index (χ1) is 10.5. The lowest BCUT2D eigenvalue weighted by atomic mass is 10.1. The molecule has 1 aliphatic carbocycles. The molecule has 22 heavy (non-hydrogen) atoms. The fraction of sp³-hybridized carbons (Fsp3) is 0.600. The number of hydrogen-bond acceptors (Lipinski definition) is 5. The molecule has 2 atom stereocenters. The lowest BCUT2D eigenvalue weighted by molar-refractivity contribution is -0.386. The number of nitro groups is 1. The van der Waals surface area contributed by atoms with E-state index in [1.165, 1.54) is 26.0 Å². The highest BCUT2D eigenvalue weighted by molar-refractivity contribution is 5.65. The van der Waals surface area contributed by atoms with E-state index in [1.807, 2.05) is 0 Å². The average molecular weight is 309 g/mol. The maximum Gasteiger partial charge on any atom is 0.327 e. The van der Waals surface area contributed by atoms with Crippen LogP contribution in [0.2, 0.25) is 0 Å². The fourth-order valence-electron chi connectivity index (χ4n) is 3.28. The summed E-state index contributed by atoms with van der Waals surface area (Å²) in [5.74, 6) is -0.604. The first-order valence-corrected chi connectivity index (χ1v) is 7.53. The summed E-state index contributed by atoms with van der Waals surface area (Å²) in [6.07, 6.45) is 3.35. The number of nitro benzene ring substituents is 1. The Morgan fingerprint density at radius 1 is 1.45 bits per heavy atom. The van der Waals surface area contributed by atoms with Crippen LogP contribution in [0.1, 0.15) is 26.2 Å². The van der Waals surface area contributed by atoms with Crippen LogP contribution in [0.4, 0.5) is 15.8 Å². The maximum absolute atomic E-state index is 13.9. The van der Waals surface area contributed by atoms with Crippen molar-refractivity contribution >= 4 is 11.4 Å². The molecule has 1 heterocycles. The molecule has 1 aliphatic heterocycles. The number of halogens is 1. The molecule has 0 radical (unpaired) electrons. The Kier molecular flexibility index (Phi) is 3.90. The molecule has 2 fully saturated rings. The maximum atomic E-state index is 13.9. The van der Waals surface area contributed by atoms with Crippen molar-refractivity contribution in [3.8, 4) is 5.75 Å². The van der Waals surface area contributed by atoms with Crippen LogP contribution in [-0.2, 0) is 0 Å². The van der Waals surface area contributed by atoms with Crippen LogP contribution in [0.3, 0.4) is 0 Å². The minimum absolute atomic E-state index is 0.0841. The van der Waals surface area contributed by atoms with E-state index in [-0.39, 0.29) is 17.5 Å². The van der Waals surface area contributed by atoms with Crippen molar-refractivity contribution < 1.29 is 14.1 Å². The van der Waals surface area contributed by atoms with Crippen LogP contribution < -0.4 is 10.1 Å². The van der Waals surface area contributed by atoms with Gasteiger partial charge in [-0.1, -0.05) is 0 Å². The molecule has 1 N–H and O–H groups in total. The number of likely N-dealkylation sites (tertiary alicyclic amines) is 1. The zero-order valence-corrected chi connectivity index (χ0v) is 12.7. The van der Waals surface area contributed by atoms with Crippen molar-refractivity contribution in [3.63, 3.8) is 0 Å². The normalized spacial score (nSPS) is 25.2. The zero-order chi connectivity index (χ0) is 15.9. The third-order valence-electron chi connectivity index (χ3n) is 4.45. The summed E-state index contributed by atoms with van der Waals surface area (Å²) in [7, 11) is 1.41. The van der Waals surface area contributed by atoms with Crippen LogP contribution in [0.25, 0.3) is 0 Å². The van der Waals surface area contributed by atoms with Gasteiger partial charge in [-0.15, -0.1) is 0 Å². The largest absolute Gasteiger partial charge is 0.497 e. The monoisotopic (exact) mass is 309 g/mol. The van der Waals surface area contributed by atoms with Crippen molar-refractivity contribution in [1.82, 2.24) is 4.90 Å². The molecule has 120 valence electrons. The summed E-state index contributed by atoms with van der Waals surface area (Å²) < 4.78 is 19.0. The second-order valence-corrected chi connectivity index (χ2v) is 6.12. The number of anilines is 1. The molecule has 6 nitrogen and oxygen atoms in total. The summed E-state index contributed by atoms with van der Waals surface area (Å²) in [5.41, 5.74) is -0.324. The van der Waals surface area contributed by atoms with Gasteiger partial charge in [-0.05, 0) is 26.2 Å². The van der Waals surface area contributed by atoms with Gasteiger partial charge in [0.1, 0.15) is 11.4 Å².